The van der Waals surface area contributed by atoms with Gasteiger partial charge in [0.2, 0.25) is 5.91 Å². The van der Waals surface area contributed by atoms with Gasteiger partial charge in [0.15, 0.2) is 0 Å². The van der Waals surface area contributed by atoms with Crippen molar-refractivity contribution in [2.75, 3.05) is 0 Å². The maximum Gasteiger partial charge on any atom is 0.220 e. The summed E-state index contributed by atoms with van der Waals surface area (Å²) in [6.07, 6.45) is 5.05. The van der Waals surface area contributed by atoms with E-state index in [1.807, 2.05) is 18.2 Å². The van der Waals surface area contributed by atoms with Gasteiger partial charge in [-0.1, -0.05) is 25.5 Å². The second-order valence-corrected chi connectivity index (χ2v) is 5.50. The molecule has 0 unspecified atom stereocenters. The molecule has 1 saturated carbocycles. The first-order valence-corrected chi connectivity index (χ1v) is 7.52. The number of hydrogen-bond acceptors (Lipinski definition) is 2. The van der Waals surface area contributed by atoms with Crippen LogP contribution in [-0.2, 0) is 11.3 Å². The first kappa shape index (κ1) is 13.2. The molecule has 106 valence electrons. The fourth-order valence-electron chi connectivity index (χ4n) is 2.56. The van der Waals surface area contributed by atoms with E-state index in [1.165, 1.54) is 18.4 Å². The summed E-state index contributed by atoms with van der Waals surface area (Å²) in [7, 11) is 0. The molecule has 1 aromatic heterocycles. The smallest absolute Gasteiger partial charge is 0.220 e. The maximum absolute atomic E-state index is 11.7. The van der Waals surface area contributed by atoms with E-state index in [0.717, 1.165) is 24.2 Å². The minimum Gasteiger partial charge on any atom is -0.349 e. The lowest BCUT2D eigenvalue weighted by Gasteiger charge is -2.08. The van der Waals surface area contributed by atoms with Crippen LogP contribution in [0.4, 0.5) is 0 Å². The molecule has 1 aliphatic rings. The quantitative estimate of drug-likeness (QED) is 0.877. The Hall–Kier alpha value is -1.84. The van der Waals surface area contributed by atoms with Crippen LogP contribution in [-0.4, -0.2) is 15.5 Å². The number of amides is 1. The summed E-state index contributed by atoms with van der Waals surface area (Å²) in [6, 6.07) is 8.78. The number of rotatable bonds is 6. The summed E-state index contributed by atoms with van der Waals surface area (Å²) in [5, 5.41) is 3.00. The van der Waals surface area contributed by atoms with Crippen LogP contribution < -0.4 is 5.32 Å². The highest BCUT2D eigenvalue weighted by Gasteiger charge is 2.27. The van der Waals surface area contributed by atoms with E-state index < -0.39 is 0 Å². The van der Waals surface area contributed by atoms with E-state index in [4.69, 9.17) is 0 Å². The average Bonchev–Trinajstić information content (AvgIpc) is 3.23. The van der Waals surface area contributed by atoms with Crippen molar-refractivity contribution < 1.29 is 4.79 Å². The lowest BCUT2D eigenvalue weighted by molar-refractivity contribution is -0.121. The molecule has 4 nitrogen and oxygen atoms in total. The molecule has 1 heterocycles. The number of aromatic nitrogens is 2. The Morgan fingerprint density at radius 3 is 2.95 bits per heavy atom. The van der Waals surface area contributed by atoms with Crippen molar-refractivity contribution in [1.29, 1.82) is 0 Å². The van der Waals surface area contributed by atoms with Crippen molar-refractivity contribution in [1.82, 2.24) is 14.9 Å². The highest BCUT2D eigenvalue weighted by Crippen LogP contribution is 2.38. The minimum absolute atomic E-state index is 0.126. The topological polar surface area (TPSA) is 46.9 Å². The van der Waals surface area contributed by atoms with Gasteiger partial charge in [0.05, 0.1) is 17.6 Å². The lowest BCUT2D eigenvalue weighted by atomic mass is 10.2. The predicted octanol–water partition coefficient (Wildman–Crippen LogP) is 3.18. The number of nitrogens with one attached hydrogen (secondary N) is 1. The van der Waals surface area contributed by atoms with Gasteiger partial charge in [0.1, 0.15) is 5.82 Å². The Morgan fingerprint density at radius 2 is 2.20 bits per heavy atom. The Labute approximate surface area is 119 Å². The number of unbranched alkanes of at least 4 members (excludes halogenated alkanes) is 1. The summed E-state index contributed by atoms with van der Waals surface area (Å²) in [5.74, 6) is 1.11. The summed E-state index contributed by atoms with van der Waals surface area (Å²) >= 11 is 0. The number of nitrogens with zero attached hydrogens (tertiary/aromatic N) is 2. The number of fused-ring (bicyclic) bond motifs is 1. The van der Waals surface area contributed by atoms with E-state index in [1.54, 1.807) is 0 Å². The molecule has 3 rings (SSSR count). The van der Waals surface area contributed by atoms with Gasteiger partial charge < -0.3 is 9.88 Å². The largest absolute Gasteiger partial charge is 0.349 e. The monoisotopic (exact) mass is 271 g/mol. The van der Waals surface area contributed by atoms with E-state index in [9.17, 15) is 4.79 Å². The molecule has 0 aliphatic heterocycles. The van der Waals surface area contributed by atoms with Crippen LogP contribution in [0.15, 0.2) is 24.3 Å². The molecule has 0 radical (unpaired) electrons. The molecule has 1 aromatic carbocycles. The highest BCUT2D eigenvalue weighted by atomic mass is 16.1. The van der Waals surface area contributed by atoms with Gasteiger partial charge >= 0.3 is 0 Å². The molecule has 0 bridgehead atoms. The first-order chi connectivity index (χ1) is 9.79. The molecule has 0 spiro atoms. The summed E-state index contributed by atoms with van der Waals surface area (Å²) in [4.78, 5) is 16.4. The van der Waals surface area contributed by atoms with Crippen LogP contribution in [0.5, 0.6) is 0 Å². The summed E-state index contributed by atoms with van der Waals surface area (Å²) < 4.78 is 2.30. The molecule has 4 heteroatoms. The summed E-state index contributed by atoms with van der Waals surface area (Å²) in [6.45, 7) is 2.63. The van der Waals surface area contributed by atoms with Crippen molar-refractivity contribution >= 4 is 16.9 Å². The predicted molar refractivity (Wildman–Crippen MR) is 79.4 cm³/mol. The van der Waals surface area contributed by atoms with Crippen LogP contribution in [0.3, 0.4) is 0 Å². The Bertz CT molecular complexity index is 613. The minimum atomic E-state index is 0.126. The number of benzene rings is 1. The van der Waals surface area contributed by atoms with Crippen molar-refractivity contribution in [2.45, 2.75) is 51.6 Å². The zero-order valence-electron chi connectivity index (χ0n) is 11.9. The molecule has 0 saturated heterocycles. The molecule has 2 aromatic rings. The second kappa shape index (κ2) is 5.65. The van der Waals surface area contributed by atoms with Crippen LogP contribution in [0, 0.1) is 0 Å². The number of para-hydroxylation sites is 2. The van der Waals surface area contributed by atoms with E-state index >= 15 is 0 Å². The molecule has 20 heavy (non-hydrogen) atoms. The van der Waals surface area contributed by atoms with Crippen molar-refractivity contribution in [3.8, 4) is 0 Å². The zero-order valence-corrected chi connectivity index (χ0v) is 11.9. The lowest BCUT2D eigenvalue weighted by Crippen LogP contribution is -2.24. The molecule has 0 atom stereocenters. The van der Waals surface area contributed by atoms with Crippen LogP contribution >= 0.6 is 0 Å². The Kier molecular flexibility index (Phi) is 3.72. The summed E-state index contributed by atoms with van der Waals surface area (Å²) in [5.41, 5.74) is 2.21. The number of hydrogen-bond donors (Lipinski definition) is 1. The first-order valence-electron chi connectivity index (χ1n) is 7.52. The van der Waals surface area contributed by atoms with Crippen LogP contribution in [0.25, 0.3) is 11.0 Å². The SMILES string of the molecule is CCCCC(=O)NCc1nc2ccccc2n1C1CC1. The fraction of sp³-hybridized carbons (Fsp3) is 0.500. The standard InChI is InChI=1S/C16H21N3O/c1-2-3-8-16(20)17-11-15-18-13-6-4-5-7-14(13)19(15)12-9-10-12/h4-7,12H,2-3,8-11H2,1H3,(H,17,20). The maximum atomic E-state index is 11.7. The van der Waals surface area contributed by atoms with E-state index in [-0.39, 0.29) is 5.91 Å². The van der Waals surface area contributed by atoms with Gasteiger partial charge in [0.25, 0.3) is 0 Å². The molecular formula is C16H21N3O. The number of carbonyl (C=O) groups excluding carboxylic acids is 1. The molecule has 1 aliphatic carbocycles. The molecule has 1 N–H and O–H groups in total. The third-order valence-corrected chi connectivity index (χ3v) is 3.78. The third kappa shape index (κ3) is 2.69. The van der Waals surface area contributed by atoms with Gasteiger partial charge in [-0.3, -0.25) is 4.79 Å². The molecule has 1 amide bonds. The second-order valence-electron chi connectivity index (χ2n) is 5.50. The third-order valence-electron chi connectivity index (χ3n) is 3.78. The van der Waals surface area contributed by atoms with Gasteiger partial charge in [-0.2, -0.15) is 0 Å². The van der Waals surface area contributed by atoms with Gasteiger partial charge in [-0.15, -0.1) is 0 Å². The van der Waals surface area contributed by atoms with Crippen molar-refractivity contribution in [3.63, 3.8) is 0 Å². The zero-order chi connectivity index (χ0) is 13.9. The van der Waals surface area contributed by atoms with Gasteiger partial charge in [-0.25, -0.2) is 4.98 Å². The molecule has 1 fully saturated rings. The number of carbonyl (C=O) groups is 1. The molecular weight excluding hydrogens is 250 g/mol. The van der Waals surface area contributed by atoms with Crippen molar-refractivity contribution in [2.24, 2.45) is 0 Å². The Balaban J connectivity index is 1.77. The number of imidazole rings is 1. The van der Waals surface area contributed by atoms with E-state index in [2.05, 4.69) is 27.9 Å². The van der Waals surface area contributed by atoms with Gasteiger partial charge in [-0.05, 0) is 31.4 Å². The van der Waals surface area contributed by atoms with Crippen molar-refractivity contribution in [3.05, 3.63) is 30.1 Å². The Morgan fingerprint density at radius 1 is 1.40 bits per heavy atom. The highest BCUT2D eigenvalue weighted by molar-refractivity contribution is 5.77. The fourth-order valence-corrected chi connectivity index (χ4v) is 2.56. The van der Waals surface area contributed by atoms with E-state index in [0.29, 0.717) is 19.0 Å². The normalized spacial score (nSPS) is 14.7. The van der Waals surface area contributed by atoms with Crippen LogP contribution in [0.2, 0.25) is 0 Å². The van der Waals surface area contributed by atoms with Crippen LogP contribution in [0.1, 0.15) is 50.9 Å². The average molecular weight is 271 g/mol. The van der Waals surface area contributed by atoms with Gasteiger partial charge in [0, 0.05) is 12.5 Å².